The van der Waals surface area contributed by atoms with Crippen LogP contribution in [-0.2, 0) is 0 Å². The van der Waals surface area contributed by atoms with Gasteiger partial charge in [0.25, 0.3) is 5.91 Å². The van der Waals surface area contributed by atoms with Gasteiger partial charge in [-0.15, -0.1) is 0 Å². The van der Waals surface area contributed by atoms with E-state index in [0.717, 1.165) is 4.47 Å². The average Bonchev–Trinajstić information content (AvgIpc) is 2.39. The van der Waals surface area contributed by atoms with Crippen molar-refractivity contribution in [3.8, 4) is 5.75 Å². The first kappa shape index (κ1) is 13.8. The molecule has 0 saturated carbocycles. The predicted molar refractivity (Wildman–Crippen MR) is 75.7 cm³/mol. The van der Waals surface area contributed by atoms with Crippen LogP contribution in [-0.4, -0.2) is 23.0 Å². The summed E-state index contributed by atoms with van der Waals surface area (Å²) in [5.41, 5.74) is 0.713. The van der Waals surface area contributed by atoms with Crippen LogP contribution in [0.4, 0.5) is 5.69 Å². The summed E-state index contributed by atoms with van der Waals surface area (Å²) >= 11 is 8.94. The van der Waals surface area contributed by atoms with E-state index >= 15 is 0 Å². The van der Waals surface area contributed by atoms with Crippen LogP contribution in [0.2, 0.25) is 5.15 Å². The Morgan fingerprint density at radius 2 is 2.16 bits per heavy atom. The minimum atomic E-state index is -0.388. The molecule has 1 aromatic carbocycles. The van der Waals surface area contributed by atoms with Crippen molar-refractivity contribution < 1.29 is 9.53 Å². The monoisotopic (exact) mass is 341 g/mol. The maximum Gasteiger partial charge on any atom is 0.275 e. The molecular weight excluding hydrogens is 334 g/mol. The molecule has 1 N–H and O–H groups in total. The van der Waals surface area contributed by atoms with Gasteiger partial charge in [-0.05, 0) is 18.2 Å². The molecule has 1 amide bonds. The fourth-order valence-electron chi connectivity index (χ4n) is 1.39. The first-order chi connectivity index (χ1) is 9.10. The Bertz CT molecular complexity index is 604. The van der Waals surface area contributed by atoms with Gasteiger partial charge in [-0.25, -0.2) is 9.97 Å². The average molecular weight is 343 g/mol. The topological polar surface area (TPSA) is 64.1 Å². The molecule has 19 heavy (non-hydrogen) atoms. The number of benzene rings is 1. The highest BCUT2D eigenvalue weighted by molar-refractivity contribution is 9.10. The summed E-state index contributed by atoms with van der Waals surface area (Å²) < 4.78 is 5.99. The second-order valence-corrected chi connectivity index (χ2v) is 4.83. The number of hydrogen-bond donors (Lipinski definition) is 1. The molecule has 1 aromatic heterocycles. The minimum Gasteiger partial charge on any atom is -0.495 e. The Balaban J connectivity index is 2.23. The number of carbonyl (C=O) groups is 1. The molecule has 98 valence electrons. The minimum absolute atomic E-state index is 0.173. The van der Waals surface area contributed by atoms with E-state index in [2.05, 4.69) is 31.2 Å². The number of nitrogens with one attached hydrogen (secondary N) is 1. The number of rotatable bonds is 3. The summed E-state index contributed by atoms with van der Waals surface area (Å²) in [4.78, 5) is 19.7. The second kappa shape index (κ2) is 5.99. The van der Waals surface area contributed by atoms with E-state index in [1.807, 2.05) is 6.07 Å². The van der Waals surface area contributed by atoms with E-state index in [9.17, 15) is 4.79 Å². The maximum absolute atomic E-state index is 12.0. The number of aromatic nitrogens is 2. The third kappa shape index (κ3) is 3.42. The van der Waals surface area contributed by atoms with E-state index in [-0.39, 0.29) is 16.8 Å². The standard InChI is InChI=1S/C12H9BrClN3O2/c1-19-10-3-2-7(13)4-8(10)17-12(18)9-5-16-11(14)6-15-9/h2-6H,1H3,(H,17,18). The van der Waals surface area contributed by atoms with Gasteiger partial charge in [-0.1, -0.05) is 27.5 Å². The van der Waals surface area contributed by atoms with Crippen LogP contribution in [0.3, 0.4) is 0 Å². The molecular formula is C12H9BrClN3O2. The second-order valence-electron chi connectivity index (χ2n) is 3.52. The van der Waals surface area contributed by atoms with Crippen molar-refractivity contribution in [3.05, 3.63) is 45.9 Å². The summed E-state index contributed by atoms with van der Waals surface area (Å²) in [6.45, 7) is 0. The van der Waals surface area contributed by atoms with Gasteiger partial charge in [0.15, 0.2) is 0 Å². The summed E-state index contributed by atoms with van der Waals surface area (Å²) in [6, 6.07) is 5.30. The highest BCUT2D eigenvalue weighted by Crippen LogP contribution is 2.28. The number of halogens is 2. The van der Waals surface area contributed by atoms with Gasteiger partial charge in [0.2, 0.25) is 0 Å². The molecule has 0 fully saturated rings. The number of amides is 1. The quantitative estimate of drug-likeness (QED) is 0.930. The number of hydrogen-bond acceptors (Lipinski definition) is 4. The van der Waals surface area contributed by atoms with Crippen LogP contribution < -0.4 is 10.1 Å². The van der Waals surface area contributed by atoms with E-state index in [0.29, 0.717) is 11.4 Å². The predicted octanol–water partition coefficient (Wildman–Crippen LogP) is 3.15. The Hall–Kier alpha value is -1.66. The number of anilines is 1. The van der Waals surface area contributed by atoms with Gasteiger partial charge in [0.1, 0.15) is 16.6 Å². The van der Waals surface area contributed by atoms with Crippen molar-refractivity contribution >= 4 is 39.1 Å². The van der Waals surface area contributed by atoms with Gasteiger partial charge in [-0.2, -0.15) is 0 Å². The summed E-state index contributed by atoms with van der Waals surface area (Å²) in [5, 5.41) is 2.93. The van der Waals surface area contributed by atoms with Crippen molar-refractivity contribution in [1.82, 2.24) is 9.97 Å². The molecule has 0 unspecified atom stereocenters. The lowest BCUT2D eigenvalue weighted by Gasteiger charge is -2.10. The molecule has 0 radical (unpaired) electrons. The van der Waals surface area contributed by atoms with Gasteiger partial charge in [0, 0.05) is 4.47 Å². The largest absolute Gasteiger partial charge is 0.495 e. The summed E-state index contributed by atoms with van der Waals surface area (Å²) in [7, 11) is 1.53. The van der Waals surface area contributed by atoms with E-state index < -0.39 is 0 Å². The van der Waals surface area contributed by atoms with Crippen LogP contribution in [0.15, 0.2) is 35.1 Å². The maximum atomic E-state index is 12.0. The molecule has 2 aromatic rings. The van der Waals surface area contributed by atoms with Crippen molar-refractivity contribution in [3.63, 3.8) is 0 Å². The van der Waals surface area contributed by atoms with Gasteiger partial charge in [0.05, 0.1) is 25.2 Å². The molecule has 0 aliphatic carbocycles. The van der Waals surface area contributed by atoms with Crippen molar-refractivity contribution in [2.24, 2.45) is 0 Å². The lowest BCUT2D eigenvalue weighted by atomic mass is 10.3. The van der Waals surface area contributed by atoms with E-state index in [4.69, 9.17) is 16.3 Å². The van der Waals surface area contributed by atoms with Crippen LogP contribution in [0.5, 0.6) is 5.75 Å². The lowest BCUT2D eigenvalue weighted by Crippen LogP contribution is -2.14. The van der Waals surface area contributed by atoms with Gasteiger partial charge < -0.3 is 10.1 Å². The zero-order chi connectivity index (χ0) is 13.8. The molecule has 0 saturated heterocycles. The van der Waals surface area contributed by atoms with Crippen LogP contribution >= 0.6 is 27.5 Å². The van der Waals surface area contributed by atoms with E-state index in [1.54, 1.807) is 12.1 Å². The zero-order valence-corrected chi connectivity index (χ0v) is 12.2. The normalized spacial score (nSPS) is 10.1. The van der Waals surface area contributed by atoms with Crippen LogP contribution in [0, 0.1) is 0 Å². The van der Waals surface area contributed by atoms with Crippen molar-refractivity contribution in [1.29, 1.82) is 0 Å². The Morgan fingerprint density at radius 3 is 2.79 bits per heavy atom. The van der Waals surface area contributed by atoms with Crippen LogP contribution in [0.25, 0.3) is 0 Å². The molecule has 0 atom stereocenters. The molecule has 2 rings (SSSR count). The molecule has 0 aliphatic heterocycles. The highest BCUT2D eigenvalue weighted by atomic mass is 79.9. The Labute approximate surface area is 123 Å². The van der Waals surface area contributed by atoms with Gasteiger partial charge >= 0.3 is 0 Å². The first-order valence-electron chi connectivity index (χ1n) is 5.22. The molecule has 1 heterocycles. The molecule has 0 spiro atoms. The molecule has 7 heteroatoms. The Morgan fingerprint density at radius 1 is 1.37 bits per heavy atom. The number of nitrogens with zero attached hydrogens (tertiary/aromatic N) is 2. The van der Waals surface area contributed by atoms with Crippen molar-refractivity contribution in [2.75, 3.05) is 12.4 Å². The number of carbonyl (C=O) groups excluding carboxylic acids is 1. The van der Waals surface area contributed by atoms with E-state index in [1.165, 1.54) is 19.5 Å². The first-order valence-corrected chi connectivity index (χ1v) is 6.39. The summed E-state index contributed by atoms with van der Waals surface area (Å²) in [5.74, 6) is 0.166. The SMILES string of the molecule is COc1ccc(Br)cc1NC(=O)c1cnc(Cl)cn1. The third-order valence-electron chi connectivity index (χ3n) is 2.26. The zero-order valence-electron chi connectivity index (χ0n) is 9.85. The van der Waals surface area contributed by atoms with Crippen molar-refractivity contribution in [2.45, 2.75) is 0 Å². The molecule has 0 bridgehead atoms. The third-order valence-corrected chi connectivity index (χ3v) is 2.95. The highest BCUT2D eigenvalue weighted by Gasteiger charge is 2.11. The number of ether oxygens (including phenoxy) is 1. The van der Waals surface area contributed by atoms with Crippen LogP contribution in [0.1, 0.15) is 10.5 Å². The fraction of sp³-hybridized carbons (Fsp3) is 0.0833. The Kier molecular flexibility index (Phi) is 4.34. The smallest absolute Gasteiger partial charge is 0.275 e. The lowest BCUT2D eigenvalue weighted by molar-refractivity contribution is 0.102. The molecule has 0 aliphatic rings. The summed E-state index contributed by atoms with van der Waals surface area (Å²) in [6.07, 6.45) is 2.62. The van der Waals surface area contributed by atoms with Gasteiger partial charge in [-0.3, -0.25) is 4.79 Å². The molecule has 5 nitrogen and oxygen atoms in total. The fourth-order valence-corrected chi connectivity index (χ4v) is 1.85. The number of methoxy groups -OCH3 is 1.